The maximum Gasteiger partial charge on any atom is 0.288 e. The van der Waals surface area contributed by atoms with Gasteiger partial charge in [-0.2, -0.15) is 8.42 Å². The third-order valence-electron chi connectivity index (χ3n) is 1.76. The van der Waals surface area contributed by atoms with Crippen LogP contribution in [0.1, 0.15) is 13.8 Å². The lowest BCUT2D eigenvalue weighted by Crippen LogP contribution is -2.48. The summed E-state index contributed by atoms with van der Waals surface area (Å²) in [7, 11) is -4.29. The molecule has 0 aromatic rings. The third-order valence-corrected chi connectivity index (χ3v) is 3.15. The number of rotatable bonds is 9. The van der Waals surface area contributed by atoms with Gasteiger partial charge in [-0.3, -0.25) is 19.0 Å². The van der Waals surface area contributed by atoms with Gasteiger partial charge in [-0.25, -0.2) is 0 Å². The van der Waals surface area contributed by atoms with E-state index in [0.29, 0.717) is 0 Å². The van der Waals surface area contributed by atoms with Gasteiger partial charge in [-0.1, -0.05) is 12.2 Å². The zero-order chi connectivity index (χ0) is 16.9. The van der Waals surface area contributed by atoms with Crippen molar-refractivity contribution in [2.75, 3.05) is 26.4 Å². The van der Waals surface area contributed by atoms with E-state index >= 15 is 0 Å². The van der Waals surface area contributed by atoms with Crippen LogP contribution in [0.3, 0.4) is 0 Å². The molecule has 0 aromatic heterocycles. The van der Waals surface area contributed by atoms with Crippen molar-refractivity contribution < 1.29 is 37.7 Å². The van der Waals surface area contributed by atoms with Crippen LogP contribution in [0.2, 0.25) is 0 Å². The van der Waals surface area contributed by atoms with Crippen molar-refractivity contribution in [1.82, 2.24) is 11.0 Å². The standard InChI is InChI=1S/C6H11NO4S.C4H11NO4/c1-4-5(8)7-6(2,3)12(9,10)11;6-1-3-8-5-9-4-2-7/h4H,1H2,2-3H3,(H,7,8)(H,9,10,11);5-7H,1-4H2. The number of nitrogens with one attached hydrogen (secondary N) is 2. The normalized spacial score (nSPS) is 11.3. The molecule has 0 aliphatic carbocycles. The summed E-state index contributed by atoms with van der Waals surface area (Å²) in [6.07, 6.45) is 0.924. The highest BCUT2D eigenvalue weighted by molar-refractivity contribution is 7.87. The van der Waals surface area contributed by atoms with E-state index in [2.05, 4.69) is 27.2 Å². The van der Waals surface area contributed by atoms with Crippen molar-refractivity contribution in [2.45, 2.75) is 18.7 Å². The molecule has 0 heterocycles. The van der Waals surface area contributed by atoms with Gasteiger partial charge in [-0.15, -0.1) is 0 Å². The average molecular weight is 330 g/mol. The average Bonchev–Trinajstić information content (AvgIpc) is 2.37. The second-order valence-electron chi connectivity index (χ2n) is 3.91. The van der Waals surface area contributed by atoms with E-state index < -0.39 is 20.9 Å². The molecule has 0 aromatic carbocycles. The van der Waals surface area contributed by atoms with Crippen molar-refractivity contribution in [3.63, 3.8) is 0 Å². The Morgan fingerprint density at radius 2 is 1.67 bits per heavy atom. The van der Waals surface area contributed by atoms with Gasteiger partial charge in [0.05, 0.1) is 26.4 Å². The summed E-state index contributed by atoms with van der Waals surface area (Å²) in [4.78, 5) is 17.9. The maximum absolute atomic E-state index is 10.7. The molecule has 0 fully saturated rings. The number of hydrogen-bond donors (Lipinski definition) is 5. The topological polar surface area (TPSA) is 154 Å². The van der Waals surface area contributed by atoms with Crippen molar-refractivity contribution in [3.8, 4) is 0 Å². The zero-order valence-electron chi connectivity index (χ0n) is 11.9. The minimum absolute atomic E-state index is 0.0600. The smallest absolute Gasteiger partial charge is 0.288 e. The van der Waals surface area contributed by atoms with Gasteiger partial charge >= 0.3 is 0 Å². The first-order valence-electron chi connectivity index (χ1n) is 5.74. The molecule has 0 bridgehead atoms. The second kappa shape index (κ2) is 11.6. The first-order valence-corrected chi connectivity index (χ1v) is 7.18. The Hall–Kier alpha value is -1.08. The van der Waals surface area contributed by atoms with Crippen LogP contribution in [0.4, 0.5) is 0 Å². The van der Waals surface area contributed by atoms with Crippen LogP contribution in [0, 0.1) is 0 Å². The molecule has 0 radical (unpaired) electrons. The highest BCUT2D eigenvalue weighted by Crippen LogP contribution is 2.09. The Morgan fingerprint density at radius 3 is 1.95 bits per heavy atom. The SMILES string of the molecule is C=CC(=O)NC(C)(C)S(=O)(=O)O.OCCONOCCO. The van der Waals surface area contributed by atoms with E-state index in [1.807, 2.05) is 0 Å². The fourth-order valence-electron chi connectivity index (χ4n) is 0.629. The molecule has 0 unspecified atom stereocenters. The monoisotopic (exact) mass is 330 g/mol. The minimum atomic E-state index is -4.29. The molecule has 0 aliphatic rings. The van der Waals surface area contributed by atoms with Crippen LogP contribution in [-0.4, -0.2) is 60.4 Å². The van der Waals surface area contributed by atoms with Gasteiger partial charge in [0.2, 0.25) is 5.91 Å². The summed E-state index contributed by atoms with van der Waals surface area (Å²) in [5, 5.41) is 18.4. The quantitative estimate of drug-likeness (QED) is 0.144. The van der Waals surface area contributed by atoms with Crippen LogP contribution in [0.15, 0.2) is 12.7 Å². The summed E-state index contributed by atoms with van der Waals surface area (Å²) < 4.78 is 29.8. The molecule has 0 aliphatic heterocycles. The Kier molecular flexibility index (Phi) is 12.2. The number of carbonyl (C=O) groups excluding carboxylic acids is 1. The molecule has 21 heavy (non-hydrogen) atoms. The van der Waals surface area contributed by atoms with Gasteiger partial charge in [0, 0.05) is 0 Å². The van der Waals surface area contributed by atoms with Crippen molar-refractivity contribution in [1.29, 1.82) is 0 Å². The lowest BCUT2D eigenvalue weighted by molar-refractivity contribution is -0.178. The highest BCUT2D eigenvalue weighted by Gasteiger charge is 2.33. The van der Waals surface area contributed by atoms with E-state index in [0.717, 1.165) is 6.08 Å². The fourth-order valence-corrected chi connectivity index (χ4v) is 0.858. The molecule has 126 valence electrons. The molecular weight excluding hydrogens is 308 g/mol. The molecule has 0 rings (SSSR count). The number of aliphatic hydroxyl groups excluding tert-OH is 2. The van der Waals surface area contributed by atoms with Crippen LogP contribution in [0.25, 0.3) is 0 Å². The molecule has 10 nitrogen and oxygen atoms in total. The summed E-state index contributed by atoms with van der Waals surface area (Å²) >= 11 is 0. The summed E-state index contributed by atoms with van der Waals surface area (Å²) in [6.45, 7) is 5.70. The number of amides is 1. The van der Waals surface area contributed by atoms with Crippen LogP contribution >= 0.6 is 0 Å². The van der Waals surface area contributed by atoms with E-state index in [9.17, 15) is 13.2 Å². The Bertz CT molecular complexity index is 390. The Balaban J connectivity index is 0. The van der Waals surface area contributed by atoms with Gasteiger partial charge in [0.25, 0.3) is 10.1 Å². The van der Waals surface area contributed by atoms with Crippen molar-refractivity contribution >= 4 is 16.0 Å². The van der Waals surface area contributed by atoms with Gasteiger partial charge < -0.3 is 15.5 Å². The number of hydrogen-bond acceptors (Lipinski definition) is 8. The first-order chi connectivity index (χ1) is 9.62. The first kappa shape index (κ1) is 22.2. The molecule has 0 saturated heterocycles. The third kappa shape index (κ3) is 12.4. The maximum atomic E-state index is 10.7. The highest BCUT2D eigenvalue weighted by atomic mass is 32.2. The number of aliphatic hydroxyl groups is 2. The largest absolute Gasteiger partial charge is 0.394 e. The van der Waals surface area contributed by atoms with E-state index in [-0.39, 0.29) is 26.4 Å². The van der Waals surface area contributed by atoms with Gasteiger partial charge in [0.15, 0.2) is 4.87 Å². The summed E-state index contributed by atoms with van der Waals surface area (Å²) in [5.74, 6) is -0.655. The molecule has 0 spiro atoms. The molecule has 0 atom stereocenters. The molecule has 5 N–H and O–H groups in total. The van der Waals surface area contributed by atoms with E-state index in [1.165, 1.54) is 13.8 Å². The molecular formula is C10H22N2O8S. The van der Waals surface area contributed by atoms with Crippen LogP contribution < -0.4 is 11.0 Å². The molecule has 1 amide bonds. The lowest BCUT2D eigenvalue weighted by atomic mass is 10.4. The minimum Gasteiger partial charge on any atom is -0.394 e. The van der Waals surface area contributed by atoms with Crippen molar-refractivity contribution in [3.05, 3.63) is 12.7 Å². The van der Waals surface area contributed by atoms with E-state index in [4.69, 9.17) is 14.8 Å². The Labute approximate surface area is 123 Å². The Morgan fingerprint density at radius 1 is 1.24 bits per heavy atom. The van der Waals surface area contributed by atoms with Crippen molar-refractivity contribution in [2.24, 2.45) is 0 Å². The summed E-state index contributed by atoms with van der Waals surface area (Å²) in [5.41, 5.74) is 2.07. The lowest BCUT2D eigenvalue weighted by Gasteiger charge is -2.21. The predicted octanol–water partition coefficient (Wildman–Crippen LogP) is -1.66. The molecule has 11 heteroatoms. The van der Waals surface area contributed by atoms with Gasteiger partial charge in [-0.05, 0) is 19.9 Å². The number of carbonyl (C=O) groups is 1. The predicted molar refractivity (Wildman–Crippen MR) is 73.2 cm³/mol. The zero-order valence-corrected chi connectivity index (χ0v) is 12.7. The second-order valence-corrected chi connectivity index (χ2v) is 5.88. The summed E-state index contributed by atoms with van der Waals surface area (Å²) in [6, 6.07) is 0. The van der Waals surface area contributed by atoms with Crippen LogP contribution in [0.5, 0.6) is 0 Å². The van der Waals surface area contributed by atoms with Crippen LogP contribution in [-0.2, 0) is 24.6 Å². The molecule has 0 saturated carbocycles. The van der Waals surface area contributed by atoms with E-state index in [1.54, 1.807) is 0 Å². The van der Waals surface area contributed by atoms with Gasteiger partial charge in [0.1, 0.15) is 0 Å². The fraction of sp³-hybridized carbons (Fsp3) is 0.700.